The molecule has 0 spiro atoms. The zero-order valence-corrected chi connectivity index (χ0v) is 17.3. The minimum atomic E-state index is -4.52. The molecule has 0 radical (unpaired) electrons. The molecule has 1 amide bonds. The highest BCUT2D eigenvalue weighted by Gasteiger charge is 2.30. The van der Waals surface area contributed by atoms with Crippen molar-refractivity contribution in [3.63, 3.8) is 0 Å². The highest BCUT2D eigenvalue weighted by atomic mass is 32.2. The molecular formula is C18H16F3N3O4S2. The molecule has 3 aromatic rings. The Kier molecular flexibility index (Phi) is 6.01. The van der Waals surface area contributed by atoms with E-state index in [0.717, 1.165) is 23.5 Å². The molecule has 12 heteroatoms. The van der Waals surface area contributed by atoms with Gasteiger partial charge in [-0.2, -0.15) is 13.2 Å². The number of amides is 1. The number of nitrogens with one attached hydrogen (secondary N) is 2. The Hall–Kier alpha value is -2.70. The molecule has 0 atom stereocenters. The van der Waals surface area contributed by atoms with E-state index in [1.54, 1.807) is 6.92 Å². The van der Waals surface area contributed by atoms with E-state index >= 15 is 0 Å². The summed E-state index contributed by atoms with van der Waals surface area (Å²) in [5, 5.41) is 2.50. The molecule has 0 aliphatic heterocycles. The van der Waals surface area contributed by atoms with E-state index in [-0.39, 0.29) is 23.8 Å². The van der Waals surface area contributed by atoms with Crippen molar-refractivity contribution in [3.05, 3.63) is 53.2 Å². The van der Waals surface area contributed by atoms with Crippen molar-refractivity contribution in [3.8, 4) is 10.6 Å². The average Bonchev–Trinajstić information content (AvgIpc) is 3.26. The molecule has 30 heavy (non-hydrogen) atoms. The number of benzene rings is 1. The monoisotopic (exact) mass is 459 g/mol. The van der Waals surface area contributed by atoms with E-state index < -0.39 is 26.9 Å². The maximum atomic E-state index is 12.8. The van der Waals surface area contributed by atoms with Gasteiger partial charge in [-0.3, -0.25) is 4.79 Å². The number of carbonyl (C=O) groups is 1. The van der Waals surface area contributed by atoms with Crippen molar-refractivity contribution in [2.75, 3.05) is 5.32 Å². The number of hydrogen-bond donors (Lipinski definition) is 2. The molecule has 0 aliphatic rings. The zero-order chi connectivity index (χ0) is 22.1. The van der Waals surface area contributed by atoms with Crippen LogP contribution in [0.3, 0.4) is 0 Å². The Morgan fingerprint density at radius 1 is 1.23 bits per heavy atom. The lowest BCUT2D eigenvalue weighted by Gasteiger charge is -2.09. The van der Waals surface area contributed by atoms with E-state index in [9.17, 15) is 26.4 Å². The van der Waals surface area contributed by atoms with Crippen LogP contribution in [-0.2, 0) is 27.5 Å². The molecule has 2 heterocycles. The molecular weight excluding hydrogens is 443 g/mol. The number of aryl methyl sites for hydroxylation is 1. The lowest BCUT2D eigenvalue weighted by molar-refractivity contribution is -0.137. The number of rotatable bonds is 6. The van der Waals surface area contributed by atoms with Gasteiger partial charge in [-0.1, -0.05) is 29.5 Å². The van der Waals surface area contributed by atoms with Crippen molar-refractivity contribution in [1.82, 2.24) is 9.71 Å². The molecule has 1 aromatic carbocycles. The molecule has 0 fully saturated rings. The van der Waals surface area contributed by atoms with Gasteiger partial charge in [0.25, 0.3) is 10.0 Å². The quantitative estimate of drug-likeness (QED) is 0.576. The van der Waals surface area contributed by atoms with Crippen LogP contribution in [0, 0.1) is 6.92 Å². The molecule has 160 valence electrons. The first-order valence-corrected chi connectivity index (χ1v) is 10.8. The number of carbonyl (C=O) groups excluding carboxylic acids is 1. The SMILES string of the molecule is CC(=O)Nc1nc(C)c(-c2ccc(S(=O)(=O)NCc3cccc(C(F)(F)F)c3)o2)s1. The van der Waals surface area contributed by atoms with Crippen molar-refractivity contribution < 1.29 is 30.8 Å². The number of halogens is 3. The normalized spacial score (nSPS) is 12.2. The van der Waals surface area contributed by atoms with Crippen LogP contribution < -0.4 is 10.0 Å². The van der Waals surface area contributed by atoms with Crippen molar-refractivity contribution in [2.24, 2.45) is 0 Å². The van der Waals surface area contributed by atoms with Crippen molar-refractivity contribution in [2.45, 2.75) is 31.7 Å². The second kappa shape index (κ2) is 8.20. The summed E-state index contributed by atoms with van der Waals surface area (Å²) < 4.78 is 71.0. The van der Waals surface area contributed by atoms with Crippen LogP contribution >= 0.6 is 11.3 Å². The standard InChI is InChI=1S/C18H16F3N3O4S2/c1-10-16(29-17(23-10)24-11(2)25)14-6-7-15(28-14)30(26,27)22-9-12-4-3-5-13(8-12)18(19,20)21/h3-8,22H,9H2,1-2H3,(H,23,24,25). The molecule has 0 saturated heterocycles. The Labute approximate surface area is 174 Å². The largest absolute Gasteiger partial charge is 0.442 e. The van der Waals surface area contributed by atoms with Gasteiger partial charge < -0.3 is 9.73 Å². The number of nitrogens with zero attached hydrogens (tertiary/aromatic N) is 1. The van der Waals surface area contributed by atoms with Gasteiger partial charge in [0.2, 0.25) is 11.0 Å². The van der Waals surface area contributed by atoms with E-state index in [0.29, 0.717) is 15.7 Å². The summed E-state index contributed by atoms with van der Waals surface area (Å²) in [5.74, 6) is -0.0575. The van der Waals surface area contributed by atoms with Gasteiger partial charge in [0, 0.05) is 13.5 Å². The van der Waals surface area contributed by atoms with Crippen molar-refractivity contribution in [1.29, 1.82) is 0 Å². The molecule has 0 unspecified atom stereocenters. The summed E-state index contributed by atoms with van der Waals surface area (Å²) in [4.78, 5) is 15.9. The maximum Gasteiger partial charge on any atom is 0.416 e. The van der Waals surface area contributed by atoms with Gasteiger partial charge in [-0.15, -0.1) is 0 Å². The Morgan fingerprint density at radius 3 is 2.63 bits per heavy atom. The molecule has 2 N–H and O–H groups in total. The predicted molar refractivity (Wildman–Crippen MR) is 104 cm³/mol. The van der Waals surface area contributed by atoms with Crippen LogP contribution in [0.5, 0.6) is 0 Å². The lowest BCUT2D eigenvalue weighted by atomic mass is 10.1. The maximum absolute atomic E-state index is 12.8. The van der Waals surface area contributed by atoms with Crippen LogP contribution in [0.15, 0.2) is 45.9 Å². The summed E-state index contributed by atoms with van der Waals surface area (Å²) >= 11 is 1.12. The first-order chi connectivity index (χ1) is 14.0. The fraction of sp³-hybridized carbons (Fsp3) is 0.222. The number of anilines is 1. The van der Waals surface area contributed by atoms with Crippen molar-refractivity contribution >= 4 is 32.4 Å². The number of hydrogen-bond acceptors (Lipinski definition) is 6. The summed E-state index contributed by atoms with van der Waals surface area (Å²) in [6, 6.07) is 7.05. The third-order valence-electron chi connectivity index (χ3n) is 3.87. The first kappa shape index (κ1) is 22.0. The van der Waals surface area contributed by atoms with Gasteiger partial charge in [0.1, 0.15) is 5.76 Å². The third kappa shape index (κ3) is 5.07. The molecule has 7 nitrogen and oxygen atoms in total. The second-order valence-corrected chi connectivity index (χ2v) is 8.95. The second-order valence-electron chi connectivity index (χ2n) is 6.26. The van der Waals surface area contributed by atoms with Gasteiger partial charge in [-0.25, -0.2) is 18.1 Å². The molecule has 0 bridgehead atoms. The summed E-state index contributed by atoms with van der Waals surface area (Å²) in [6.07, 6.45) is -4.52. The molecule has 3 rings (SSSR count). The van der Waals surface area contributed by atoms with Gasteiger partial charge in [0.05, 0.1) is 16.1 Å². The minimum absolute atomic E-state index is 0.151. The minimum Gasteiger partial charge on any atom is -0.442 e. The first-order valence-electron chi connectivity index (χ1n) is 8.47. The van der Waals surface area contributed by atoms with Gasteiger partial charge in [0.15, 0.2) is 5.13 Å². The highest BCUT2D eigenvalue weighted by molar-refractivity contribution is 7.89. The van der Waals surface area contributed by atoms with E-state index in [1.165, 1.54) is 31.2 Å². The molecule has 0 saturated carbocycles. The van der Waals surface area contributed by atoms with E-state index in [1.807, 2.05) is 0 Å². The third-order valence-corrected chi connectivity index (χ3v) is 6.23. The number of thiazole rings is 1. The summed E-state index contributed by atoms with van der Waals surface area (Å²) in [7, 11) is -4.10. The number of aromatic nitrogens is 1. The predicted octanol–water partition coefficient (Wildman–Crippen LogP) is 4.17. The van der Waals surface area contributed by atoms with E-state index in [4.69, 9.17) is 4.42 Å². The summed E-state index contributed by atoms with van der Waals surface area (Å²) in [5.41, 5.74) is -0.174. The van der Waals surface area contributed by atoms with Crippen LogP contribution in [0.2, 0.25) is 0 Å². The van der Waals surface area contributed by atoms with Gasteiger partial charge >= 0.3 is 6.18 Å². The number of alkyl halides is 3. The van der Waals surface area contributed by atoms with Crippen LogP contribution in [0.4, 0.5) is 18.3 Å². The van der Waals surface area contributed by atoms with E-state index in [2.05, 4.69) is 15.0 Å². The number of furan rings is 1. The summed E-state index contributed by atoms with van der Waals surface area (Å²) in [6.45, 7) is 2.68. The Bertz CT molecular complexity index is 1180. The fourth-order valence-corrected chi connectivity index (χ4v) is 4.44. The average molecular weight is 459 g/mol. The Morgan fingerprint density at radius 2 is 1.97 bits per heavy atom. The fourth-order valence-electron chi connectivity index (χ4n) is 2.52. The van der Waals surface area contributed by atoms with Gasteiger partial charge in [-0.05, 0) is 30.7 Å². The van der Waals surface area contributed by atoms with Crippen LogP contribution in [0.1, 0.15) is 23.7 Å². The molecule has 2 aromatic heterocycles. The topological polar surface area (TPSA) is 101 Å². The molecule has 0 aliphatic carbocycles. The Balaban J connectivity index is 1.76. The smallest absolute Gasteiger partial charge is 0.416 e. The van der Waals surface area contributed by atoms with Crippen LogP contribution in [0.25, 0.3) is 10.6 Å². The number of sulfonamides is 1. The lowest BCUT2D eigenvalue weighted by Crippen LogP contribution is -2.23. The van der Waals surface area contributed by atoms with Crippen LogP contribution in [-0.4, -0.2) is 19.3 Å². The zero-order valence-electron chi connectivity index (χ0n) is 15.7. The highest BCUT2D eigenvalue weighted by Crippen LogP contribution is 2.35.